The molecule has 0 saturated heterocycles. The number of rotatable bonds is 5. The van der Waals surface area contributed by atoms with Gasteiger partial charge in [0.05, 0.1) is 0 Å². The maximum absolute atomic E-state index is 11.9. The van der Waals surface area contributed by atoms with Gasteiger partial charge in [-0.15, -0.1) is 0 Å². The molecule has 0 aliphatic carbocycles. The van der Waals surface area contributed by atoms with Gasteiger partial charge in [0.1, 0.15) is 0 Å². The minimum Gasteiger partial charge on any atom is -0.324 e. The molecule has 2 aromatic rings. The van der Waals surface area contributed by atoms with Crippen LogP contribution in [0.2, 0.25) is 0 Å². The van der Waals surface area contributed by atoms with E-state index in [0.717, 1.165) is 23.2 Å². The molecule has 0 bridgehead atoms. The number of amides is 1. The summed E-state index contributed by atoms with van der Waals surface area (Å²) in [7, 11) is 0. The van der Waals surface area contributed by atoms with Crippen molar-refractivity contribution in [3.05, 3.63) is 65.7 Å². The second-order valence-corrected chi connectivity index (χ2v) is 5.26. The van der Waals surface area contributed by atoms with Crippen LogP contribution in [0, 0.1) is 6.92 Å². The SMILES string of the molecule is CC(=O)N(CC[C@@H](N)c1ccccc1)c1ccccc1C. The second-order valence-electron chi connectivity index (χ2n) is 5.26. The predicted molar refractivity (Wildman–Crippen MR) is 87.2 cm³/mol. The number of nitrogens with zero attached hydrogens (tertiary/aromatic N) is 1. The summed E-state index contributed by atoms with van der Waals surface area (Å²) in [4.78, 5) is 13.7. The number of benzene rings is 2. The minimum absolute atomic E-state index is 0.0459. The highest BCUT2D eigenvalue weighted by Crippen LogP contribution is 2.22. The zero-order chi connectivity index (χ0) is 15.2. The largest absolute Gasteiger partial charge is 0.324 e. The number of hydrogen-bond acceptors (Lipinski definition) is 2. The molecule has 1 atom stereocenters. The topological polar surface area (TPSA) is 46.3 Å². The summed E-state index contributed by atoms with van der Waals surface area (Å²) in [5, 5.41) is 0. The summed E-state index contributed by atoms with van der Waals surface area (Å²) >= 11 is 0. The Balaban J connectivity index is 2.08. The fourth-order valence-corrected chi connectivity index (χ4v) is 2.45. The molecule has 2 N–H and O–H groups in total. The molecule has 2 aromatic carbocycles. The molecular formula is C18H22N2O. The van der Waals surface area contributed by atoms with Crippen molar-refractivity contribution in [2.24, 2.45) is 5.73 Å². The monoisotopic (exact) mass is 282 g/mol. The molecule has 0 radical (unpaired) electrons. The van der Waals surface area contributed by atoms with E-state index in [-0.39, 0.29) is 11.9 Å². The van der Waals surface area contributed by atoms with Gasteiger partial charge >= 0.3 is 0 Å². The lowest BCUT2D eigenvalue weighted by atomic mass is 10.0. The van der Waals surface area contributed by atoms with Crippen molar-refractivity contribution in [2.75, 3.05) is 11.4 Å². The van der Waals surface area contributed by atoms with Crippen molar-refractivity contribution in [2.45, 2.75) is 26.3 Å². The molecule has 0 saturated carbocycles. The van der Waals surface area contributed by atoms with Gasteiger partial charge in [0.15, 0.2) is 0 Å². The summed E-state index contributed by atoms with van der Waals surface area (Å²) in [5.41, 5.74) is 9.39. The lowest BCUT2D eigenvalue weighted by Gasteiger charge is -2.24. The van der Waals surface area contributed by atoms with Crippen molar-refractivity contribution in [1.29, 1.82) is 0 Å². The van der Waals surface area contributed by atoms with Gasteiger partial charge in [-0.1, -0.05) is 48.5 Å². The molecule has 110 valence electrons. The summed E-state index contributed by atoms with van der Waals surface area (Å²) in [6.07, 6.45) is 0.734. The zero-order valence-corrected chi connectivity index (χ0v) is 12.6. The number of nitrogens with two attached hydrogens (primary N) is 1. The third-order valence-corrected chi connectivity index (χ3v) is 3.68. The van der Waals surface area contributed by atoms with Crippen LogP contribution in [-0.2, 0) is 4.79 Å². The molecule has 1 amide bonds. The van der Waals surface area contributed by atoms with E-state index < -0.39 is 0 Å². The summed E-state index contributed by atoms with van der Waals surface area (Å²) in [6, 6.07) is 17.9. The Kier molecular flexibility index (Phi) is 5.12. The summed E-state index contributed by atoms with van der Waals surface area (Å²) in [6.45, 7) is 4.24. The first-order valence-electron chi connectivity index (χ1n) is 7.24. The highest BCUT2D eigenvalue weighted by atomic mass is 16.2. The predicted octanol–water partition coefficient (Wildman–Crippen LogP) is 3.44. The molecule has 0 aliphatic heterocycles. The van der Waals surface area contributed by atoms with Gasteiger partial charge in [-0.2, -0.15) is 0 Å². The van der Waals surface area contributed by atoms with E-state index in [4.69, 9.17) is 5.73 Å². The van der Waals surface area contributed by atoms with Gasteiger partial charge in [-0.3, -0.25) is 4.79 Å². The van der Waals surface area contributed by atoms with Crippen LogP contribution in [0.1, 0.15) is 30.5 Å². The molecule has 0 fully saturated rings. The maximum atomic E-state index is 11.9. The number of anilines is 1. The Bertz CT molecular complexity index is 595. The van der Waals surface area contributed by atoms with Gasteiger partial charge in [-0.25, -0.2) is 0 Å². The fraction of sp³-hybridized carbons (Fsp3) is 0.278. The lowest BCUT2D eigenvalue weighted by Crippen LogP contribution is -2.32. The van der Waals surface area contributed by atoms with Gasteiger partial charge in [0.2, 0.25) is 5.91 Å². The van der Waals surface area contributed by atoms with Crippen LogP contribution in [0.25, 0.3) is 0 Å². The molecule has 0 aliphatic rings. The van der Waals surface area contributed by atoms with Crippen LogP contribution in [-0.4, -0.2) is 12.5 Å². The molecule has 21 heavy (non-hydrogen) atoms. The van der Waals surface area contributed by atoms with Crippen LogP contribution in [0.15, 0.2) is 54.6 Å². The molecule has 0 heterocycles. The highest BCUT2D eigenvalue weighted by molar-refractivity contribution is 5.92. The van der Waals surface area contributed by atoms with Crippen LogP contribution in [0.3, 0.4) is 0 Å². The number of para-hydroxylation sites is 1. The maximum Gasteiger partial charge on any atom is 0.223 e. The Labute approximate surface area is 126 Å². The summed E-state index contributed by atoms with van der Waals surface area (Å²) in [5.74, 6) is 0.0459. The van der Waals surface area contributed by atoms with Gasteiger partial charge in [0.25, 0.3) is 0 Å². The van der Waals surface area contributed by atoms with E-state index in [9.17, 15) is 4.79 Å². The van der Waals surface area contributed by atoms with Gasteiger partial charge in [0, 0.05) is 25.2 Å². The highest BCUT2D eigenvalue weighted by Gasteiger charge is 2.15. The standard InChI is InChI=1S/C18H22N2O/c1-14-8-6-7-11-18(14)20(15(2)21)13-12-17(19)16-9-4-3-5-10-16/h3-11,17H,12-13,19H2,1-2H3/t17-/m1/s1. The first kappa shape index (κ1) is 15.3. The van der Waals surface area contributed by atoms with Crippen molar-refractivity contribution >= 4 is 11.6 Å². The van der Waals surface area contributed by atoms with E-state index in [0.29, 0.717) is 6.54 Å². The number of hydrogen-bond donors (Lipinski definition) is 1. The van der Waals surface area contributed by atoms with Crippen LogP contribution >= 0.6 is 0 Å². The average Bonchev–Trinajstić information content (AvgIpc) is 2.49. The Morgan fingerprint density at radius 2 is 1.71 bits per heavy atom. The van der Waals surface area contributed by atoms with Gasteiger partial charge in [-0.05, 0) is 30.5 Å². The molecule has 0 spiro atoms. The van der Waals surface area contributed by atoms with E-state index in [1.54, 1.807) is 11.8 Å². The van der Waals surface area contributed by atoms with E-state index in [2.05, 4.69) is 0 Å². The lowest BCUT2D eigenvalue weighted by molar-refractivity contribution is -0.116. The second kappa shape index (κ2) is 7.04. The van der Waals surface area contributed by atoms with Crippen molar-refractivity contribution in [3.8, 4) is 0 Å². The van der Waals surface area contributed by atoms with Crippen LogP contribution < -0.4 is 10.6 Å². The molecule has 2 rings (SSSR count). The third kappa shape index (κ3) is 3.92. The molecule has 0 aromatic heterocycles. The quantitative estimate of drug-likeness (QED) is 0.913. The number of carbonyl (C=O) groups excluding carboxylic acids is 1. The Morgan fingerprint density at radius 3 is 2.33 bits per heavy atom. The average molecular weight is 282 g/mol. The van der Waals surface area contributed by atoms with E-state index >= 15 is 0 Å². The minimum atomic E-state index is -0.0583. The third-order valence-electron chi connectivity index (χ3n) is 3.68. The van der Waals surface area contributed by atoms with Crippen molar-refractivity contribution < 1.29 is 4.79 Å². The number of aryl methyl sites for hydroxylation is 1. The molecule has 3 nitrogen and oxygen atoms in total. The number of carbonyl (C=O) groups is 1. The zero-order valence-electron chi connectivity index (χ0n) is 12.6. The fourth-order valence-electron chi connectivity index (χ4n) is 2.45. The Morgan fingerprint density at radius 1 is 1.10 bits per heavy atom. The first-order valence-corrected chi connectivity index (χ1v) is 7.24. The first-order chi connectivity index (χ1) is 10.1. The summed E-state index contributed by atoms with van der Waals surface area (Å²) < 4.78 is 0. The van der Waals surface area contributed by atoms with Crippen LogP contribution in [0.5, 0.6) is 0 Å². The van der Waals surface area contributed by atoms with E-state index in [1.165, 1.54) is 0 Å². The van der Waals surface area contributed by atoms with Crippen LogP contribution in [0.4, 0.5) is 5.69 Å². The molecule has 3 heteroatoms. The molecular weight excluding hydrogens is 260 g/mol. The smallest absolute Gasteiger partial charge is 0.223 e. The normalized spacial score (nSPS) is 12.0. The van der Waals surface area contributed by atoms with Gasteiger partial charge < -0.3 is 10.6 Å². The van der Waals surface area contributed by atoms with E-state index in [1.807, 2.05) is 61.5 Å². The Hall–Kier alpha value is -2.13. The molecule has 0 unspecified atom stereocenters. The van der Waals surface area contributed by atoms with Crippen molar-refractivity contribution in [1.82, 2.24) is 0 Å². The van der Waals surface area contributed by atoms with Crippen molar-refractivity contribution in [3.63, 3.8) is 0 Å².